The summed E-state index contributed by atoms with van der Waals surface area (Å²) in [6.45, 7) is 3.97. The lowest BCUT2D eigenvalue weighted by molar-refractivity contribution is 0.826. The zero-order valence-corrected chi connectivity index (χ0v) is 44.8. The first-order chi connectivity index (χ1) is 39.5. The molecule has 0 saturated heterocycles. The van der Waals surface area contributed by atoms with Crippen LogP contribution >= 0.6 is 0 Å². The summed E-state index contributed by atoms with van der Waals surface area (Å²) in [5.41, 5.74) is 24.1. The molecule has 0 spiro atoms. The van der Waals surface area contributed by atoms with E-state index in [1.165, 1.54) is 54.9 Å². The quantitative estimate of drug-likeness (QED) is 0.0668. The van der Waals surface area contributed by atoms with Gasteiger partial charge >= 0.3 is 0 Å². The van der Waals surface area contributed by atoms with Gasteiger partial charge in [-0.1, -0.05) is 292 Å². The van der Waals surface area contributed by atoms with Gasteiger partial charge in [0.15, 0.2) is 0 Å². The summed E-state index contributed by atoms with van der Waals surface area (Å²) < 4.78 is 0. The molecule has 1 aliphatic carbocycles. The predicted molar refractivity (Wildman–Crippen MR) is 348 cm³/mol. The van der Waals surface area contributed by atoms with Crippen LogP contribution in [0, 0.1) is 0 Å². The average Bonchev–Trinajstić information content (AvgIpc) is 3.56. The van der Waals surface area contributed by atoms with Gasteiger partial charge in [-0.15, -0.1) is 0 Å². The number of anilines is 3. The van der Waals surface area contributed by atoms with Crippen molar-refractivity contribution in [1.29, 1.82) is 0 Å². The minimum atomic E-state index is 0.269. The minimum absolute atomic E-state index is 0.269. The molecular weight excluding hydrogens is 965 g/mol. The first-order valence-corrected chi connectivity index (χ1v) is 27.4. The summed E-state index contributed by atoms with van der Waals surface area (Å²) in [6.07, 6.45) is 26.2. The number of para-hydroxylation sites is 2. The number of allylic oxidation sites excluding steroid dienone is 6. The van der Waals surface area contributed by atoms with Gasteiger partial charge in [0.25, 0.3) is 0 Å². The standard InChI is InChI=1S/C72H53N.C6H9N/c1-2-18-58(40-33-53-19-8-3-9-20-53)59-41-34-54(35-42-59)29-31-56-38-49-67-69(51-56)70-52-57(39-50-68(70)72(63-23-12-5-13-24-63)71(67)62-21-10-4-11-22-62)32-30-55-36-43-60(44-37-55)61-45-47-66(48-46-61)73(64-25-14-6-15-26-64)65-27-16-7-17-28-65;7-6-4-2-1-3-5-6/h2-52H,1H2;1-4,6H,5,7H2/b31-29+,32-30+,40-33-,58-18+;. The lowest BCUT2D eigenvalue weighted by Crippen LogP contribution is -2.16. The van der Waals surface area contributed by atoms with E-state index in [-0.39, 0.29) is 6.04 Å². The molecule has 0 radical (unpaired) electrons. The second-order valence-electron chi connectivity index (χ2n) is 19.9. The summed E-state index contributed by atoms with van der Waals surface area (Å²) in [7, 11) is 0. The lowest BCUT2D eigenvalue weighted by atomic mass is 9.84. The Bertz CT molecular complexity index is 4000. The first-order valence-electron chi connectivity index (χ1n) is 27.4. The van der Waals surface area contributed by atoms with Crippen molar-refractivity contribution < 1.29 is 0 Å². The van der Waals surface area contributed by atoms with Crippen molar-refractivity contribution in [3.8, 4) is 33.4 Å². The monoisotopic (exact) mass is 1030 g/mol. The van der Waals surface area contributed by atoms with Crippen LogP contribution in [0.1, 0.15) is 39.8 Å². The molecule has 0 saturated carbocycles. The topological polar surface area (TPSA) is 29.3 Å². The van der Waals surface area contributed by atoms with E-state index in [4.69, 9.17) is 5.73 Å². The predicted octanol–water partition coefficient (Wildman–Crippen LogP) is 20.9. The van der Waals surface area contributed by atoms with Gasteiger partial charge in [-0.3, -0.25) is 0 Å². The van der Waals surface area contributed by atoms with Crippen molar-refractivity contribution in [2.75, 3.05) is 4.90 Å². The number of hydrogen-bond donors (Lipinski definition) is 1. The molecule has 80 heavy (non-hydrogen) atoms. The molecular formula is C78H62N2. The zero-order chi connectivity index (χ0) is 54.3. The Morgan fingerprint density at radius 3 is 1.25 bits per heavy atom. The molecule has 0 heterocycles. The third-order valence-electron chi connectivity index (χ3n) is 14.4. The van der Waals surface area contributed by atoms with Crippen molar-refractivity contribution in [2.24, 2.45) is 5.73 Å². The van der Waals surface area contributed by atoms with Crippen LogP contribution in [0.5, 0.6) is 0 Å². The van der Waals surface area contributed by atoms with Crippen molar-refractivity contribution in [1.82, 2.24) is 0 Å². The highest BCUT2D eigenvalue weighted by molar-refractivity contribution is 6.22. The average molecular weight is 1030 g/mol. The molecule has 0 aromatic heterocycles. The van der Waals surface area contributed by atoms with Crippen LogP contribution in [0.3, 0.4) is 0 Å². The Morgan fingerprint density at radius 2 is 0.800 bits per heavy atom. The van der Waals surface area contributed by atoms with Gasteiger partial charge in [0.05, 0.1) is 0 Å². The molecule has 384 valence electrons. The summed E-state index contributed by atoms with van der Waals surface area (Å²) >= 11 is 0. The van der Waals surface area contributed by atoms with Gasteiger partial charge in [0.1, 0.15) is 0 Å². The van der Waals surface area contributed by atoms with Crippen molar-refractivity contribution in [2.45, 2.75) is 12.5 Å². The highest BCUT2D eigenvalue weighted by Crippen LogP contribution is 2.45. The smallest absolute Gasteiger partial charge is 0.0462 e. The van der Waals surface area contributed by atoms with Crippen molar-refractivity contribution >= 4 is 74.6 Å². The Balaban J connectivity index is 0.000000896. The SMILES string of the molecule is C=C/C=C(\C=C/c1ccccc1)c1ccc(/C=C/c2ccc3c(-c4ccccc4)c(-c4ccccc4)c4ccc(/C=C/c5ccc(-c6ccc(N(c7ccccc7)c7ccccc7)cc6)cc5)cc4c3c2)cc1.NC1C=CC=CC1. The molecule has 1 atom stereocenters. The van der Waals surface area contributed by atoms with E-state index in [1.54, 1.807) is 0 Å². The summed E-state index contributed by atoms with van der Waals surface area (Å²) in [6, 6.07) is 93.8. The number of hydrogen-bond acceptors (Lipinski definition) is 2. The first kappa shape index (κ1) is 52.0. The van der Waals surface area contributed by atoms with Crippen molar-refractivity contribution in [3.05, 3.63) is 343 Å². The van der Waals surface area contributed by atoms with Gasteiger partial charge < -0.3 is 10.6 Å². The number of nitrogens with two attached hydrogens (primary N) is 1. The summed E-state index contributed by atoms with van der Waals surface area (Å²) in [5.74, 6) is 0. The van der Waals surface area contributed by atoms with Crippen LogP contribution in [-0.2, 0) is 0 Å². The zero-order valence-electron chi connectivity index (χ0n) is 44.8. The third kappa shape index (κ3) is 12.5. The number of nitrogens with zero attached hydrogens (tertiary/aromatic N) is 1. The van der Waals surface area contributed by atoms with Gasteiger partial charge in [0.2, 0.25) is 0 Å². The normalized spacial score (nSPS) is 13.3. The molecule has 0 amide bonds. The van der Waals surface area contributed by atoms with E-state index < -0.39 is 0 Å². The number of benzene rings is 11. The van der Waals surface area contributed by atoms with Gasteiger partial charge in [0, 0.05) is 23.1 Å². The second kappa shape index (κ2) is 25.4. The maximum atomic E-state index is 5.50. The Hall–Kier alpha value is -10.1. The molecule has 11 aromatic rings. The van der Waals surface area contributed by atoms with Gasteiger partial charge in [-0.25, -0.2) is 0 Å². The molecule has 11 aromatic carbocycles. The van der Waals surface area contributed by atoms with Crippen molar-refractivity contribution in [3.63, 3.8) is 0 Å². The van der Waals surface area contributed by atoms with E-state index in [0.29, 0.717) is 0 Å². The maximum Gasteiger partial charge on any atom is 0.0462 e. The van der Waals surface area contributed by atoms with Crippen LogP contribution in [0.15, 0.2) is 310 Å². The van der Waals surface area contributed by atoms with Crippen LogP contribution < -0.4 is 10.6 Å². The van der Waals surface area contributed by atoms with Crippen LogP contribution in [0.25, 0.3) is 90.9 Å². The van der Waals surface area contributed by atoms with E-state index in [2.05, 4.69) is 315 Å². The lowest BCUT2D eigenvalue weighted by Gasteiger charge is -2.25. The number of fused-ring (bicyclic) bond motifs is 3. The van der Waals surface area contributed by atoms with E-state index >= 15 is 0 Å². The third-order valence-corrected chi connectivity index (χ3v) is 14.4. The van der Waals surface area contributed by atoms with E-state index in [0.717, 1.165) is 62.4 Å². The largest absolute Gasteiger partial charge is 0.324 e. The summed E-state index contributed by atoms with van der Waals surface area (Å²) in [5, 5.41) is 4.89. The highest BCUT2D eigenvalue weighted by Gasteiger charge is 2.18. The fourth-order valence-electron chi connectivity index (χ4n) is 10.4. The number of rotatable bonds is 14. The fraction of sp³-hybridized carbons (Fsp3) is 0.0256. The fourth-order valence-corrected chi connectivity index (χ4v) is 10.4. The molecule has 0 fully saturated rings. The minimum Gasteiger partial charge on any atom is -0.324 e. The molecule has 2 N–H and O–H groups in total. The molecule has 2 heteroatoms. The van der Waals surface area contributed by atoms with Crippen LogP contribution in [-0.4, -0.2) is 6.04 Å². The van der Waals surface area contributed by atoms with E-state index in [1.807, 2.05) is 30.4 Å². The van der Waals surface area contributed by atoms with E-state index in [9.17, 15) is 0 Å². The Kier molecular flexibility index (Phi) is 16.5. The summed E-state index contributed by atoms with van der Waals surface area (Å²) in [4.78, 5) is 2.29. The molecule has 1 unspecified atom stereocenters. The van der Waals surface area contributed by atoms with Crippen LogP contribution in [0.2, 0.25) is 0 Å². The molecule has 0 aliphatic heterocycles. The van der Waals surface area contributed by atoms with Gasteiger partial charge in [-0.05, 0) is 149 Å². The molecule has 1 aliphatic rings. The second-order valence-corrected chi connectivity index (χ2v) is 19.9. The Morgan fingerprint density at radius 1 is 0.388 bits per heavy atom. The van der Waals surface area contributed by atoms with Crippen LogP contribution in [0.4, 0.5) is 17.1 Å². The highest BCUT2D eigenvalue weighted by atomic mass is 15.1. The maximum absolute atomic E-state index is 5.50. The molecule has 0 bridgehead atoms. The molecule has 2 nitrogen and oxygen atoms in total. The molecule has 12 rings (SSSR count). The Labute approximate surface area is 471 Å². The van der Waals surface area contributed by atoms with Gasteiger partial charge in [-0.2, -0.15) is 0 Å².